The summed E-state index contributed by atoms with van der Waals surface area (Å²) in [4.78, 5) is 12.0. The molecule has 0 aromatic carbocycles. The number of carbonyl (C=O) groups excluding carboxylic acids is 1. The van der Waals surface area contributed by atoms with Crippen molar-refractivity contribution in [3.63, 3.8) is 0 Å². The fourth-order valence-electron chi connectivity index (χ4n) is 3.22. The molecule has 0 aromatic rings. The second-order valence-corrected chi connectivity index (χ2v) is 6.52. The molecule has 0 spiro atoms. The molecule has 20 heavy (non-hydrogen) atoms. The Labute approximate surface area is 119 Å². The van der Waals surface area contributed by atoms with E-state index in [1.807, 2.05) is 0 Å². The van der Waals surface area contributed by atoms with Crippen LogP contribution < -0.4 is 11.5 Å². The highest BCUT2D eigenvalue weighted by molar-refractivity contribution is 5.85. The van der Waals surface area contributed by atoms with Gasteiger partial charge in [0.05, 0.1) is 5.92 Å². The third-order valence-electron chi connectivity index (χ3n) is 4.47. The molecule has 2 rings (SSSR count). The van der Waals surface area contributed by atoms with Gasteiger partial charge in [0, 0.05) is 13.5 Å². The maximum atomic E-state index is 12.0. The Morgan fingerprint density at radius 3 is 2.70 bits per heavy atom. The summed E-state index contributed by atoms with van der Waals surface area (Å²) in [6, 6.07) is 0. The number of Topliss-reactive ketones (excluding diaryl/α,β-unsaturated/α-hetero) is 1. The van der Waals surface area contributed by atoms with E-state index < -0.39 is 23.5 Å². The van der Waals surface area contributed by atoms with Crippen molar-refractivity contribution in [1.82, 2.24) is 0 Å². The number of hydrogen-bond donors (Lipinski definition) is 3. The van der Waals surface area contributed by atoms with Crippen LogP contribution in [0.2, 0.25) is 0 Å². The van der Waals surface area contributed by atoms with Gasteiger partial charge in [0.15, 0.2) is 11.5 Å². The number of rotatable bonds is 5. The minimum atomic E-state index is -1.53. The number of epoxide rings is 1. The van der Waals surface area contributed by atoms with E-state index in [0.29, 0.717) is 5.92 Å². The minimum Gasteiger partial charge on any atom is -0.376 e. The lowest BCUT2D eigenvalue weighted by atomic mass is 9.73. The minimum absolute atomic E-state index is 0.0736. The van der Waals surface area contributed by atoms with E-state index in [4.69, 9.17) is 20.9 Å². The van der Waals surface area contributed by atoms with Gasteiger partial charge < -0.3 is 26.0 Å². The fourth-order valence-corrected chi connectivity index (χ4v) is 3.22. The zero-order chi connectivity index (χ0) is 15.1. The molecular formula is C14H26N2O4. The predicted molar refractivity (Wildman–Crippen MR) is 73.5 cm³/mol. The first-order chi connectivity index (χ1) is 9.22. The third kappa shape index (κ3) is 2.76. The van der Waals surface area contributed by atoms with Crippen LogP contribution in [0, 0.1) is 11.8 Å². The van der Waals surface area contributed by atoms with Crippen molar-refractivity contribution in [2.75, 3.05) is 7.11 Å². The van der Waals surface area contributed by atoms with Crippen molar-refractivity contribution < 1.29 is 19.4 Å². The number of aliphatic hydroxyl groups is 1. The van der Waals surface area contributed by atoms with Crippen LogP contribution in [-0.2, 0) is 14.3 Å². The van der Waals surface area contributed by atoms with Crippen LogP contribution in [0.3, 0.4) is 0 Å². The first-order valence-corrected chi connectivity index (χ1v) is 7.26. The maximum absolute atomic E-state index is 12.0. The van der Waals surface area contributed by atoms with Crippen molar-refractivity contribution in [1.29, 1.82) is 0 Å². The van der Waals surface area contributed by atoms with E-state index in [1.54, 1.807) is 0 Å². The van der Waals surface area contributed by atoms with E-state index in [0.717, 1.165) is 12.8 Å². The molecule has 1 aliphatic carbocycles. The normalized spacial score (nSPS) is 45.0. The fraction of sp³-hybridized carbons (Fsp3) is 0.929. The topological polar surface area (TPSA) is 111 Å². The van der Waals surface area contributed by atoms with Crippen LogP contribution in [0.25, 0.3) is 0 Å². The zero-order valence-electron chi connectivity index (χ0n) is 12.5. The quantitative estimate of drug-likeness (QED) is 0.489. The van der Waals surface area contributed by atoms with Gasteiger partial charge in [-0.1, -0.05) is 13.8 Å². The van der Waals surface area contributed by atoms with Gasteiger partial charge in [0.1, 0.15) is 17.9 Å². The van der Waals surface area contributed by atoms with Crippen LogP contribution in [0.5, 0.6) is 0 Å². The molecule has 2 fully saturated rings. The first kappa shape index (κ1) is 15.9. The number of nitrogens with two attached hydrogens (primary N) is 2. The number of ketones is 1. The highest BCUT2D eigenvalue weighted by Gasteiger charge is 2.67. The molecule has 116 valence electrons. The average Bonchev–Trinajstić information content (AvgIpc) is 3.01. The lowest BCUT2D eigenvalue weighted by molar-refractivity contribution is -0.164. The standard InChI is InChI=1S/C14H26N2O4/c1-8(2)4-5-10-14(16,20-10)12-11(19-3)9(17)6-7-13(12,15)18/h8,10-12,18H,4-7,15-16H2,1-3H3/t10-,11-,12+,13-,14+/m1/s1. The third-order valence-corrected chi connectivity index (χ3v) is 4.47. The van der Waals surface area contributed by atoms with E-state index in [-0.39, 0.29) is 24.7 Å². The van der Waals surface area contributed by atoms with Crippen molar-refractivity contribution in [2.24, 2.45) is 23.3 Å². The summed E-state index contributed by atoms with van der Waals surface area (Å²) in [6.07, 6.45) is 1.20. The highest BCUT2D eigenvalue weighted by atomic mass is 16.6. The Morgan fingerprint density at radius 2 is 2.15 bits per heavy atom. The Kier molecular flexibility index (Phi) is 4.24. The largest absolute Gasteiger partial charge is 0.376 e. The smallest absolute Gasteiger partial charge is 0.162 e. The second kappa shape index (κ2) is 5.35. The van der Waals surface area contributed by atoms with Gasteiger partial charge in [-0.2, -0.15) is 0 Å². The van der Waals surface area contributed by atoms with Crippen LogP contribution in [0.1, 0.15) is 39.5 Å². The number of hydrogen-bond acceptors (Lipinski definition) is 6. The second-order valence-electron chi connectivity index (χ2n) is 6.52. The van der Waals surface area contributed by atoms with Crippen LogP contribution in [-0.4, -0.2) is 41.7 Å². The molecule has 1 heterocycles. The Balaban J connectivity index is 2.13. The van der Waals surface area contributed by atoms with Crippen molar-refractivity contribution in [3.8, 4) is 0 Å². The molecule has 2 aliphatic rings. The molecule has 0 aromatic heterocycles. The SMILES string of the molecule is CO[C@@H]1C(=O)CC[C@@](N)(O)[C@H]1[C@@]1(N)O[C@@H]1CCC(C)C. The summed E-state index contributed by atoms with van der Waals surface area (Å²) >= 11 is 0. The Hall–Kier alpha value is -0.530. The molecule has 0 radical (unpaired) electrons. The van der Waals surface area contributed by atoms with E-state index in [1.165, 1.54) is 7.11 Å². The van der Waals surface area contributed by atoms with Gasteiger partial charge in [-0.05, 0) is 25.2 Å². The zero-order valence-corrected chi connectivity index (χ0v) is 12.5. The maximum Gasteiger partial charge on any atom is 0.162 e. The lowest BCUT2D eigenvalue weighted by Gasteiger charge is -2.42. The summed E-state index contributed by atoms with van der Waals surface area (Å²) in [5.74, 6) is -0.250. The molecule has 0 bridgehead atoms. The summed E-state index contributed by atoms with van der Waals surface area (Å²) in [5.41, 5.74) is 9.63. The Morgan fingerprint density at radius 1 is 1.50 bits per heavy atom. The monoisotopic (exact) mass is 286 g/mol. The Bertz CT molecular complexity index is 385. The summed E-state index contributed by atoms with van der Waals surface area (Å²) in [7, 11) is 1.44. The van der Waals surface area contributed by atoms with E-state index in [2.05, 4.69) is 13.8 Å². The molecule has 5 atom stereocenters. The summed E-state index contributed by atoms with van der Waals surface area (Å²) in [5, 5.41) is 10.4. The molecule has 1 aliphatic heterocycles. The van der Waals surface area contributed by atoms with Gasteiger partial charge in [-0.15, -0.1) is 0 Å². The number of carbonyl (C=O) groups is 1. The van der Waals surface area contributed by atoms with Gasteiger partial charge in [-0.25, -0.2) is 0 Å². The van der Waals surface area contributed by atoms with Crippen molar-refractivity contribution in [3.05, 3.63) is 0 Å². The molecule has 1 saturated carbocycles. The molecular weight excluding hydrogens is 260 g/mol. The number of methoxy groups -OCH3 is 1. The number of ether oxygens (including phenoxy) is 2. The van der Waals surface area contributed by atoms with Crippen LogP contribution in [0.4, 0.5) is 0 Å². The van der Waals surface area contributed by atoms with Gasteiger partial charge >= 0.3 is 0 Å². The van der Waals surface area contributed by atoms with Crippen LogP contribution >= 0.6 is 0 Å². The highest BCUT2D eigenvalue weighted by Crippen LogP contribution is 2.49. The van der Waals surface area contributed by atoms with Gasteiger partial charge in [0.2, 0.25) is 0 Å². The average molecular weight is 286 g/mol. The van der Waals surface area contributed by atoms with E-state index >= 15 is 0 Å². The molecule has 0 unspecified atom stereocenters. The molecule has 6 heteroatoms. The molecule has 6 nitrogen and oxygen atoms in total. The van der Waals surface area contributed by atoms with E-state index in [9.17, 15) is 9.90 Å². The molecule has 0 amide bonds. The van der Waals surface area contributed by atoms with Gasteiger partial charge in [0.25, 0.3) is 0 Å². The van der Waals surface area contributed by atoms with Crippen molar-refractivity contribution >= 4 is 5.78 Å². The van der Waals surface area contributed by atoms with Gasteiger partial charge in [-0.3, -0.25) is 4.79 Å². The lowest BCUT2D eigenvalue weighted by Crippen LogP contribution is -2.65. The summed E-state index contributed by atoms with van der Waals surface area (Å²) in [6.45, 7) is 4.25. The van der Waals surface area contributed by atoms with Crippen molar-refractivity contribution in [2.45, 2.75) is 63.2 Å². The summed E-state index contributed by atoms with van der Waals surface area (Å²) < 4.78 is 10.9. The van der Waals surface area contributed by atoms with Crippen LogP contribution in [0.15, 0.2) is 0 Å². The first-order valence-electron chi connectivity index (χ1n) is 7.26. The predicted octanol–water partition coefficient (Wildman–Crippen LogP) is 0.118. The molecule has 1 saturated heterocycles. The molecule has 5 N–H and O–H groups in total.